The first kappa shape index (κ1) is 50.9. The van der Waals surface area contributed by atoms with Gasteiger partial charge in [0.25, 0.3) is 0 Å². The zero-order chi connectivity index (χ0) is 46.0. The van der Waals surface area contributed by atoms with Crippen molar-refractivity contribution >= 4 is 63.5 Å². The molecule has 3 N–H and O–H groups in total. The molecule has 0 radical (unpaired) electrons. The minimum Gasteiger partial charge on any atom is -0.463 e. The SMILES string of the molecule is CCCCNc1cc(C(=O)OCC(=O)O[C@@H](C)C(=O)O[C@@H](C)C(=O)O[C@@H](C)C(=O)O[C@@H](C)C(=O)O[C@@H](C)C(=O)O[C@@H](C)C(=O)OCC)cc(S(N)(=O)=O)c1Oc1ccccc1. The first-order valence-electron chi connectivity index (χ1n) is 18.8. The fourth-order valence-electron chi connectivity index (χ4n) is 4.51. The Kier molecular flexibility index (Phi) is 20.1. The monoisotopic (exact) mass is 882 g/mol. The molecule has 0 amide bonds. The van der Waals surface area contributed by atoms with Crippen LogP contribution in [0.5, 0.6) is 11.5 Å². The molecule has 2 rings (SSSR count). The maximum atomic E-state index is 13.0. The van der Waals surface area contributed by atoms with Crippen LogP contribution in [0.4, 0.5) is 5.69 Å². The molecule has 61 heavy (non-hydrogen) atoms. The molecule has 0 heterocycles. The predicted molar refractivity (Wildman–Crippen MR) is 208 cm³/mol. The van der Waals surface area contributed by atoms with Gasteiger partial charge >= 0.3 is 47.8 Å². The molecule has 336 valence electrons. The van der Waals surface area contributed by atoms with E-state index < -0.39 is 106 Å². The summed E-state index contributed by atoms with van der Waals surface area (Å²) in [5, 5.41) is 8.50. The van der Waals surface area contributed by atoms with Gasteiger partial charge in [0.15, 0.2) is 49.0 Å². The molecule has 0 aliphatic carbocycles. The molecule has 0 aliphatic heterocycles. The topological polar surface area (TPSA) is 292 Å². The summed E-state index contributed by atoms with van der Waals surface area (Å²) < 4.78 is 70.4. The number of benzene rings is 2. The molecule has 2 aromatic rings. The number of para-hydroxylation sites is 1. The van der Waals surface area contributed by atoms with E-state index in [0.29, 0.717) is 13.0 Å². The van der Waals surface area contributed by atoms with Gasteiger partial charge in [-0.25, -0.2) is 51.9 Å². The summed E-state index contributed by atoms with van der Waals surface area (Å²) >= 11 is 0. The third kappa shape index (κ3) is 16.7. The second-order valence-electron chi connectivity index (χ2n) is 12.9. The highest BCUT2D eigenvalue weighted by atomic mass is 32.2. The molecule has 6 atom stereocenters. The number of sulfonamides is 1. The summed E-state index contributed by atoms with van der Waals surface area (Å²) in [4.78, 5) is 98.8. The molecule has 0 saturated heterocycles. The fourth-order valence-corrected chi connectivity index (χ4v) is 5.21. The van der Waals surface area contributed by atoms with Gasteiger partial charge in [-0.05, 0) is 79.2 Å². The quantitative estimate of drug-likeness (QED) is 0.0921. The normalized spacial score (nSPS) is 13.9. The number of primary sulfonamides is 1. The molecule has 0 aromatic heterocycles. The van der Waals surface area contributed by atoms with Crippen LogP contribution in [0, 0.1) is 0 Å². The van der Waals surface area contributed by atoms with Crippen LogP contribution in [-0.2, 0) is 81.5 Å². The van der Waals surface area contributed by atoms with Crippen molar-refractivity contribution < 1.29 is 89.4 Å². The van der Waals surface area contributed by atoms with Crippen LogP contribution in [0.15, 0.2) is 47.4 Å². The second-order valence-corrected chi connectivity index (χ2v) is 14.5. The largest absolute Gasteiger partial charge is 0.463 e. The summed E-state index contributed by atoms with van der Waals surface area (Å²) in [5.74, 6) is -9.06. The highest BCUT2D eigenvalue weighted by Gasteiger charge is 2.33. The number of hydrogen-bond donors (Lipinski definition) is 2. The number of esters is 8. The average molecular weight is 883 g/mol. The molecule has 2 aromatic carbocycles. The molecular formula is C39H50N2O19S. The highest BCUT2D eigenvalue weighted by molar-refractivity contribution is 7.89. The number of carbonyl (C=O) groups excluding carboxylic acids is 8. The molecule has 22 heteroatoms. The number of ether oxygens (including phenoxy) is 9. The standard InChI is InChI=1S/C39H50N2O19S/c1-9-11-17-41-29-18-27(19-30(61(40,50)51)32(29)60-28-15-13-12-14-16-28)39(49)53-20-31(42)54-22(4)34(44)56-24(6)36(46)58-26(8)38(48)59-25(7)37(47)57-23(5)35(45)55-21(3)33(43)52-10-2/h12-16,18-19,21-26,41H,9-11,17,20H2,1-8H3,(H2,40,50,51)/t21-,22-,23-,24-,25-,26-/m0/s1. The molecule has 0 aliphatic rings. The van der Waals surface area contributed by atoms with Gasteiger partial charge in [0.05, 0.1) is 17.9 Å². The second kappa shape index (κ2) is 24.1. The Morgan fingerprint density at radius 1 is 0.623 bits per heavy atom. The zero-order valence-corrected chi connectivity index (χ0v) is 35.6. The van der Waals surface area contributed by atoms with Crippen molar-refractivity contribution in [1.29, 1.82) is 0 Å². The molecule has 0 fully saturated rings. The number of anilines is 1. The van der Waals surface area contributed by atoms with Gasteiger partial charge in [0.2, 0.25) is 10.0 Å². The smallest absolute Gasteiger partial charge is 0.347 e. The van der Waals surface area contributed by atoms with Crippen LogP contribution in [0.2, 0.25) is 0 Å². The molecular weight excluding hydrogens is 832 g/mol. The Bertz CT molecular complexity index is 2010. The lowest BCUT2D eigenvalue weighted by Crippen LogP contribution is -2.39. The van der Waals surface area contributed by atoms with Crippen molar-refractivity contribution in [1.82, 2.24) is 0 Å². The van der Waals surface area contributed by atoms with Crippen molar-refractivity contribution in [2.45, 2.75) is 110 Å². The van der Waals surface area contributed by atoms with E-state index >= 15 is 0 Å². The summed E-state index contributed by atoms with van der Waals surface area (Å²) in [6, 6.07) is 10.4. The van der Waals surface area contributed by atoms with Crippen LogP contribution in [0.25, 0.3) is 0 Å². The van der Waals surface area contributed by atoms with Crippen LogP contribution in [-0.4, -0.2) is 113 Å². The average Bonchev–Trinajstić information content (AvgIpc) is 3.20. The third-order valence-electron chi connectivity index (χ3n) is 7.78. The van der Waals surface area contributed by atoms with Crippen LogP contribution in [0.3, 0.4) is 0 Å². The Labute approximate surface area is 351 Å². The van der Waals surface area contributed by atoms with Crippen LogP contribution < -0.4 is 15.2 Å². The van der Waals surface area contributed by atoms with Crippen molar-refractivity contribution in [3.63, 3.8) is 0 Å². The number of nitrogens with one attached hydrogen (secondary N) is 1. The lowest BCUT2D eigenvalue weighted by molar-refractivity contribution is -0.188. The lowest BCUT2D eigenvalue weighted by Gasteiger charge is -2.20. The van der Waals surface area contributed by atoms with Crippen LogP contribution in [0.1, 0.15) is 78.6 Å². The Morgan fingerprint density at radius 2 is 1.07 bits per heavy atom. The van der Waals surface area contributed by atoms with E-state index in [9.17, 15) is 46.8 Å². The Morgan fingerprint density at radius 3 is 1.49 bits per heavy atom. The predicted octanol–water partition coefficient (Wildman–Crippen LogP) is 2.65. The number of carbonyl (C=O) groups is 8. The first-order chi connectivity index (χ1) is 28.6. The zero-order valence-electron chi connectivity index (χ0n) is 34.8. The van der Waals surface area contributed by atoms with Gasteiger partial charge in [0, 0.05) is 6.54 Å². The molecule has 0 bridgehead atoms. The summed E-state index contributed by atoms with van der Waals surface area (Å²) in [5.41, 5.74) is -0.224. The van der Waals surface area contributed by atoms with E-state index in [1.807, 2.05) is 6.92 Å². The van der Waals surface area contributed by atoms with Gasteiger partial charge in [-0.15, -0.1) is 0 Å². The van der Waals surface area contributed by atoms with Gasteiger partial charge in [0.1, 0.15) is 10.6 Å². The number of rotatable bonds is 23. The van der Waals surface area contributed by atoms with E-state index in [1.165, 1.54) is 13.0 Å². The van der Waals surface area contributed by atoms with Crippen molar-refractivity contribution in [2.75, 3.05) is 25.1 Å². The van der Waals surface area contributed by atoms with Gasteiger partial charge in [-0.2, -0.15) is 0 Å². The number of hydrogen-bond acceptors (Lipinski definition) is 20. The van der Waals surface area contributed by atoms with Gasteiger partial charge in [-0.3, -0.25) is 0 Å². The molecule has 0 saturated carbocycles. The minimum absolute atomic E-state index is 0.0482. The maximum Gasteiger partial charge on any atom is 0.347 e. The molecule has 0 spiro atoms. The third-order valence-corrected chi connectivity index (χ3v) is 8.69. The van der Waals surface area contributed by atoms with E-state index in [1.54, 1.807) is 37.3 Å². The Hall–Kier alpha value is -6.29. The summed E-state index contributed by atoms with van der Waals surface area (Å²) in [6.07, 6.45) is -7.87. The fraction of sp³-hybridized carbons (Fsp3) is 0.487. The van der Waals surface area contributed by atoms with E-state index in [4.69, 9.17) is 47.8 Å². The van der Waals surface area contributed by atoms with E-state index in [-0.39, 0.29) is 29.4 Å². The minimum atomic E-state index is -4.48. The van der Waals surface area contributed by atoms with E-state index in [0.717, 1.165) is 47.1 Å². The number of unbranched alkanes of at least 4 members (excludes halogenated alkanes) is 1. The lowest BCUT2D eigenvalue weighted by atomic mass is 10.1. The highest BCUT2D eigenvalue weighted by Crippen LogP contribution is 2.37. The van der Waals surface area contributed by atoms with E-state index in [2.05, 4.69) is 5.32 Å². The Balaban J connectivity index is 1.94. The van der Waals surface area contributed by atoms with Gasteiger partial charge < -0.3 is 47.9 Å². The summed E-state index contributed by atoms with van der Waals surface area (Å²) in [7, 11) is -4.48. The van der Waals surface area contributed by atoms with Crippen molar-refractivity contribution in [3.8, 4) is 11.5 Å². The number of nitrogens with two attached hydrogens (primary N) is 1. The maximum absolute atomic E-state index is 13.0. The van der Waals surface area contributed by atoms with Crippen molar-refractivity contribution in [2.24, 2.45) is 5.14 Å². The van der Waals surface area contributed by atoms with Crippen molar-refractivity contribution in [3.05, 3.63) is 48.0 Å². The molecule has 0 unspecified atom stereocenters. The first-order valence-corrected chi connectivity index (χ1v) is 20.4. The summed E-state index contributed by atoms with van der Waals surface area (Å²) in [6.45, 7) is 9.62. The van der Waals surface area contributed by atoms with Gasteiger partial charge in [-0.1, -0.05) is 31.5 Å². The molecule has 21 nitrogen and oxygen atoms in total. The van der Waals surface area contributed by atoms with Crippen LogP contribution >= 0.6 is 0 Å².